The van der Waals surface area contributed by atoms with Gasteiger partial charge in [0.05, 0.1) is 40.0 Å². The summed E-state index contributed by atoms with van der Waals surface area (Å²) in [5.74, 6) is -2.63. The third-order valence-electron chi connectivity index (χ3n) is 6.09. The quantitative estimate of drug-likeness (QED) is 0.327. The van der Waals surface area contributed by atoms with Gasteiger partial charge in [-0.15, -0.1) is 0 Å². The second kappa shape index (κ2) is 8.38. The van der Waals surface area contributed by atoms with Gasteiger partial charge >= 0.3 is 5.97 Å². The molecule has 29 heavy (non-hydrogen) atoms. The number of aliphatic hydroxyl groups is 1. The van der Waals surface area contributed by atoms with Crippen LogP contribution in [0.5, 0.6) is 0 Å². The molecule has 0 aromatic heterocycles. The number of aliphatic hydroxyl groups excluding tert-OH is 1. The Balaban J connectivity index is 1.73. The van der Waals surface area contributed by atoms with Crippen LogP contribution in [0.15, 0.2) is 11.3 Å². The molecule has 3 amide bonds. The van der Waals surface area contributed by atoms with E-state index in [1.54, 1.807) is 6.92 Å². The van der Waals surface area contributed by atoms with E-state index in [-0.39, 0.29) is 41.9 Å². The Hall–Kier alpha value is -2.03. The molecule has 11 heteroatoms. The third kappa shape index (κ3) is 3.89. The summed E-state index contributed by atoms with van der Waals surface area (Å²) in [4.78, 5) is 51.4. The Morgan fingerprint density at radius 1 is 1.41 bits per heavy atom. The lowest BCUT2D eigenvalue weighted by molar-refractivity contribution is -0.162. The number of primary amides is 1. The largest absolute Gasteiger partial charge is 0.447 e. The summed E-state index contributed by atoms with van der Waals surface area (Å²) in [5.41, 5.74) is 6.07. The Kier molecular flexibility index (Phi) is 6.26. The van der Waals surface area contributed by atoms with Crippen LogP contribution in [0.3, 0.4) is 0 Å². The van der Waals surface area contributed by atoms with Gasteiger partial charge in [-0.25, -0.2) is 4.79 Å². The minimum absolute atomic E-state index is 0.117. The highest BCUT2D eigenvalue weighted by Gasteiger charge is 2.60. The number of β-lactam (4-membered cyclic amide) rings is 1. The SMILES string of the molecule is C[C@@H](O)C1C(=O)N2C(C(=O)OP)=C(CN3CC[C@H](C(=O)NCC(N)=O)C3)[C@H](C)[C@H]12. The molecule has 0 bridgehead atoms. The summed E-state index contributed by atoms with van der Waals surface area (Å²) in [5, 5.41) is 12.5. The van der Waals surface area contributed by atoms with Crippen LogP contribution in [0.2, 0.25) is 0 Å². The molecule has 3 aliphatic rings. The summed E-state index contributed by atoms with van der Waals surface area (Å²) in [6, 6.07) is -0.270. The second-order valence-electron chi connectivity index (χ2n) is 7.94. The van der Waals surface area contributed by atoms with Crippen molar-refractivity contribution in [3.8, 4) is 0 Å². The zero-order chi connectivity index (χ0) is 21.5. The molecule has 0 aromatic carbocycles. The van der Waals surface area contributed by atoms with Crippen LogP contribution in [0.1, 0.15) is 20.3 Å². The van der Waals surface area contributed by atoms with Crippen LogP contribution in [0.25, 0.3) is 0 Å². The fraction of sp³-hybridized carbons (Fsp3) is 0.667. The van der Waals surface area contributed by atoms with Gasteiger partial charge in [-0.05, 0) is 25.5 Å². The van der Waals surface area contributed by atoms with Gasteiger partial charge in [0.25, 0.3) is 0 Å². The number of hydrogen-bond donors (Lipinski definition) is 3. The molecule has 3 rings (SSSR count). The molecule has 3 heterocycles. The summed E-state index contributed by atoms with van der Waals surface area (Å²) in [7, 11) is 1.91. The van der Waals surface area contributed by atoms with Crippen LogP contribution < -0.4 is 11.1 Å². The first kappa shape index (κ1) is 21.7. The minimum atomic E-state index is -0.802. The lowest BCUT2D eigenvalue weighted by Gasteiger charge is -2.46. The monoisotopic (exact) mass is 426 g/mol. The molecule has 0 spiro atoms. The number of rotatable bonds is 7. The predicted octanol–water partition coefficient (Wildman–Crippen LogP) is -1.65. The van der Waals surface area contributed by atoms with Gasteiger partial charge in [-0.3, -0.25) is 19.3 Å². The Morgan fingerprint density at radius 3 is 2.69 bits per heavy atom. The summed E-state index contributed by atoms with van der Waals surface area (Å²) in [6.45, 7) is 4.86. The molecule has 0 saturated carbocycles. The van der Waals surface area contributed by atoms with E-state index in [0.29, 0.717) is 26.1 Å². The number of carbonyl (C=O) groups is 4. The van der Waals surface area contributed by atoms with E-state index in [2.05, 4.69) is 5.32 Å². The number of amides is 3. The topological polar surface area (TPSA) is 142 Å². The molecule has 2 unspecified atom stereocenters. The fourth-order valence-corrected chi connectivity index (χ4v) is 4.76. The molecular formula is C18H27N4O6P. The molecule has 0 aromatic rings. The average Bonchev–Trinajstić information content (AvgIpc) is 3.21. The van der Waals surface area contributed by atoms with Crippen molar-refractivity contribution in [2.24, 2.45) is 23.5 Å². The van der Waals surface area contributed by atoms with E-state index in [0.717, 1.165) is 5.57 Å². The number of likely N-dealkylation sites (tertiary alicyclic amines) is 1. The van der Waals surface area contributed by atoms with Gasteiger partial charge in [0.1, 0.15) is 5.70 Å². The van der Waals surface area contributed by atoms with Gasteiger partial charge in [-0.1, -0.05) is 6.92 Å². The van der Waals surface area contributed by atoms with Crippen LogP contribution in [-0.2, 0) is 23.7 Å². The molecule has 2 saturated heterocycles. The van der Waals surface area contributed by atoms with E-state index in [1.807, 2.05) is 21.3 Å². The van der Waals surface area contributed by atoms with Crippen LogP contribution in [0.4, 0.5) is 0 Å². The molecule has 0 radical (unpaired) electrons. The first-order chi connectivity index (χ1) is 13.7. The van der Waals surface area contributed by atoms with E-state index < -0.39 is 23.9 Å². The predicted molar refractivity (Wildman–Crippen MR) is 105 cm³/mol. The molecule has 10 nitrogen and oxygen atoms in total. The van der Waals surface area contributed by atoms with Crippen LogP contribution in [-0.4, -0.2) is 76.9 Å². The molecule has 3 aliphatic heterocycles. The molecule has 6 atom stereocenters. The highest BCUT2D eigenvalue weighted by molar-refractivity contribution is 7.10. The molecular weight excluding hydrogens is 399 g/mol. The number of fused-ring (bicyclic) bond motifs is 1. The van der Waals surface area contributed by atoms with E-state index in [1.165, 1.54) is 4.90 Å². The van der Waals surface area contributed by atoms with Crippen LogP contribution >= 0.6 is 9.47 Å². The van der Waals surface area contributed by atoms with Crippen molar-refractivity contribution in [1.29, 1.82) is 0 Å². The molecule has 4 N–H and O–H groups in total. The number of nitrogens with zero attached hydrogens (tertiary/aromatic N) is 2. The van der Waals surface area contributed by atoms with Crippen LogP contribution in [0, 0.1) is 17.8 Å². The second-order valence-corrected chi connectivity index (χ2v) is 8.17. The minimum Gasteiger partial charge on any atom is -0.447 e. The maximum Gasteiger partial charge on any atom is 0.357 e. The van der Waals surface area contributed by atoms with Gasteiger partial charge in [0.15, 0.2) is 0 Å². The lowest BCUT2D eigenvalue weighted by Crippen LogP contribution is -2.63. The maximum absolute atomic E-state index is 12.5. The number of nitrogens with one attached hydrogen (secondary N) is 1. The van der Waals surface area contributed by atoms with Gasteiger partial charge in [-0.2, -0.15) is 0 Å². The maximum atomic E-state index is 12.5. The zero-order valence-corrected chi connectivity index (χ0v) is 17.6. The van der Waals surface area contributed by atoms with Crippen molar-refractivity contribution in [2.75, 3.05) is 26.2 Å². The zero-order valence-electron chi connectivity index (χ0n) is 16.5. The van der Waals surface area contributed by atoms with E-state index in [4.69, 9.17) is 10.3 Å². The number of hydrogen-bond acceptors (Lipinski definition) is 7. The summed E-state index contributed by atoms with van der Waals surface area (Å²) >= 11 is 0. The van der Waals surface area contributed by atoms with Crippen molar-refractivity contribution in [2.45, 2.75) is 32.4 Å². The van der Waals surface area contributed by atoms with Crippen molar-refractivity contribution >= 4 is 33.2 Å². The Morgan fingerprint density at radius 2 is 2.10 bits per heavy atom. The van der Waals surface area contributed by atoms with Gasteiger partial charge < -0.3 is 25.6 Å². The summed E-state index contributed by atoms with van der Waals surface area (Å²) < 4.78 is 4.82. The molecule has 0 aliphatic carbocycles. The highest BCUT2D eigenvalue weighted by Crippen LogP contribution is 2.47. The first-order valence-corrected chi connectivity index (χ1v) is 10.1. The van der Waals surface area contributed by atoms with E-state index >= 15 is 0 Å². The Bertz CT molecular complexity index is 769. The smallest absolute Gasteiger partial charge is 0.357 e. The normalized spacial score (nSPS) is 30.1. The lowest BCUT2D eigenvalue weighted by atomic mass is 9.77. The average molecular weight is 426 g/mol. The number of carbonyl (C=O) groups excluding carboxylic acids is 4. The highest BCUT2D eigenvalue weighted by atomic mass is 31.0. The van der Waals surface area contributed by atoms with Gasteiger partial charge in [0.2, 0.25) is 17.7 Å². The van der Waals surface area contributed by atoms with Crippen molar-refractivity contribution < 1.29 is 28.8 Å². The van der Waals surface area contributed by atoms with Gasteiger partial charge in [0, 0.05) is 19.0 Å². The number of nitrogens with two attached hydrogens (primary N) is 1. The Labute approximate surface area is 171 Å². The van der Waals surface area contributed by atoms with E-state index in [9.17, 15) is 24.3 Å². The first-order valence-electron chi connectivity index (χ1n) is 9.61. The van der Waals surface area contributed by atoms with Crippen molar-refractivity contribution in [3.05, 3.63) is 11.3 Å². The standard InChI is InChI=1S/C18H27N4O6P/c1-8-11(7-21-4-3-10(6-21)16(25)20-5-12(19)24)15(18(27)28-29)22-14(8)13(9(2)23)17(22)26/h8-10,13-14,23H,3-7,29H2,1-2H3,(H2,19,24)(H,20,25)/t8-,9+,10-,13?,14+/m0/s1. The third-order valence-corrected chi connectivity index (χ3v) is 6.30. The fourth-order valence-electron chi connectivity index (χ4n) is 4.65. The van der Waals surface area contributed by atoms with Crippen molar-refractivity contribution in [3.63, 3.8) is 0 Å². The molecule has 2 fully saturated rings. The summed E-state index contributed by atoms with van der Waals surface area (Å²) in [6.07, 6.45) is -0.179. The van der Waals surface area contributed by atoms with Crippen molar-refractivity contribution in [1.82, 2.24) is 15.1 Å². The molecule has 160 valence electrons.